The van der Waals surface area contributed by atoms with Crippen LogP contribution in [0.2, 0.25) is 0 Å². The monoisotopic (exact) mass is 242 g/mol. The minimum absolute atomic E-state index is 0.0303. The zero-order valence-corrected chi connectivity index (χ0v) is 10.2. The molecule has 0 heterocycles. The molecule has 0 aliphatic rings. The van der Waals surface area contributed by atoms with E-state index in [1.165, 1.54) is 11.9 Å². The Balaban J connectivity index is 3.12. The van der Waals surface area contributed by atoms with E-state index in [2.05, 4.69) is 5.32 Å². The molecule has 0 spiro atoms. The first kappa shape index (κ1) is 13.4. The smallest absolute Gasteiger partial charge is 0.254 e. The van der Waals surface area contributed by atoms with Gasteiger partial charge in [0.05, 0.1) is 0 Å². The van der Waals surface area contributed by atoms with E-state index in [-0.39, 0.29) is 17.2 Å². The Labute approximate surface area is 99.4 Å². The number of rotatable bonds is 4. The molecular weight excluding hydrogens is 226 g/mol. The summed E-state index contributed by atoms with van der Waals surface area (Å²) in [5, 5.41) is 2.41. The third-order valence-electron chi connectivity index (χ3n) is 2.59. The summed E-state index contributed by atoms with van der Waals surface area (Å²) in [6.45, 7) is 4.64. The van der Waals surface area contributed by atoms with Crippen molar-refractivity contribution in [1.82, 2.24) is 4.90 Å². The predicted molar refractivity (Wildman–Crippen MR) is 63.2 cm³/mol. The van der Waals surface area contributed by atoms with E-state index in [4.69, 9.17) is 0 Å². The van der Waals surface area contributed by atoms with Gasteiger partial charge in [0.15, 0.2) is 0 Å². The molecule has 0 aliphatic heterocycles. The standard InChI is InChI=1S/C12H16F2N2O/c1-4-16(5-2)12(17)8-6-9(13)11(15-3)10(14)7-8/h6-7,15H,4-5H2,1-3H3. The Kier molecular flexibility index (Phi) is 4.43. The fourth-order valence-corrected chi connectivity index (χ4v) is 1.63. The van der Waals surface area contributed by atoms with Gasteiger partial charge in [-0.1, -0.05) is 0 Å². The fourth-order valence-electron chi connectivity index (χ4n) is 1.63. The van der Waals surface area contributed by atoms with Crippen molar-refractivity contribution in [2.45, 2.75) is 13.8 Å². The van der Waals surface area contributed by atoms with Crippen LogP contribution in [0.4, 0.5) is 14.5 Å². The molecule has 0 bridgehead atoms. The predicted octanol–water partition coefficient (Wildman–Crippen LogP) is 2.49. The van der Waals surface area contributed by atoms with E-state index >= 15 is 0 Å². The Morgan fingerprint density at radius 1 is 1.24 bits per heavy atom. The van der Waals surface area contributed by atoms with Crippen molar-refractivity contribution in [2.24, 2.45) is 0 Å². The van der Waals surface area contributed by atoms with Crippen LogP contribution in [0.3, 0.4) is 0 Å². The van der Waals surface area contributed by atoms with Crippen molar-refractivity contribution < 1.29 is 13.6 Å². The number of anilines is 1. The molecule has 1 amide bonds. The Hall–Kier alpha value is -1.65. The summed E-state index contributed by atoms with van der Waals surface area (Å²) in [5.41, 5.74) is -0.191. The molecule has 5 heteroatoms. The summed E-state index contributed by atoms with van der Waals surface area (Å²) in [6.07, 6.45) is 0. The van der Waals surface area contributed by atoms with Gasteiger partial charge in [0.2, 0.25) is 0 Å². The normalized spacial score (nSPS) is 10.2. The zero-order valence-electron chi connectivity index (χ0n) is 10.2. The first-order valence-electron chi connectivity index (χ1n) is 5.51. The number of hydrogen-bond donors (Lipinski definition) is 1. The minimum Gasteiger partial charge on any atom is -0.383 e. The fraction of sp³-hybridized carbons (Fsp3) is 0.417. The number of benzene rings is 1. The van der Waals surface area contributed by atoms with E-state index in [0.29, 0.717) is 13.1 Å². The lowest BCUT2D eigenvalue weighted by atomic mass is 10.1. The molecule has 0 atom stereocenters. The number of carbonyl (C=O) groups is 1. The van der Waals surface area contributed by atoms with E-state index in [0.717, 1.165) is 12.1 Å². The highest BCUT2D eigenvalue weighted by Gasteiger charge is 2.17. The van der Waals surface area contributed by atoms with E-state index in [1.807, 2.05) is 13.8 Å². The molecule has 0 saturated carbocycles. The van der Waals surface area contributed by atoms with Crippen LogP contribution >= 0.6 is 0 Å². The molecule has 0 saturated heterocycles. The Bertz CT molecular complexity index is 394. The van der Waals surface area contributed by atoms with Gasteiger partial charge < -0.3 is 10.2 Å². The molecule has 1 rings (SSSR count). The van der Waals surface area contributed by atoms with Gasteiger partial charge in [0.25, 0.3) is 5.91 Å². The first-order chi connectivity index (χ1) is 8.04. The average molecular weight is 242 g/mol. The topological polar surface area (TPSA) is 32.3 Å². The molecule has 17 heavy (non-hydrogen) atoms. The van der Waals surface area contributed by atoms with Crippen LogP contribution in [-0.4, -0.2) is 30.9 Å². The van der Waals surface area contributed by atoms with Crippen LogP contribution in [0.25, 0.3) is 0 Å². The lowest BCUT2D eigenvalue weighted by Gasteiger charge is -2.19. The second-order valence-electron chi connectivity index (χ2n) is 3.54. The number of amides is 1. The van der Waals surface area contributed by atoms with Crippen molar-refractivity contribution >= 4 is 11.6 Å². The van der Waals surface area contributed by atoms with Crippen LogP contribution in [-0.2, 0) is 0 Å². The number of hydrogen-bond acceptors (Lipinski definition) is 2. The van der Waals surface area contributed by atoms with Gasteiger partial charge >= 0.3 is 0 Å². The van der Waals surface area contributed by atoms with Crippen LogP contribution in [0.1, 0.15) is 24.2 Å². The highest BCUT2D eigenvalue weighted by Crippen LogP contribution is 2.21. The maximum absolute atomic E-state index is 13.5. The second kappa shape index (κ2) is 5.61. The zero-order chi connectivity index (χ0) is 13.0. The Morgan fingerprint density at radius 2 is 1.71 bits per heavy atom. The second-order valence-corrected chi connectivity index (χ2v) is 3.54. The van der Waals surface area contributed by atoms with Gasteiger partial charge in [-0.05, 0) is 26.0 Å². The molecule has 3 nitrogen and oxygen atoms in total. The van der Waals surface area contributed by atoms with Gasteiger partial charge in [-0.3, -0.25) is 4.79 Å². The summed E-state index contributed by atoms with van der Waals surface area (Å²) in [4.78, 5) is 13.4. The van der Waals surface area contributed by atoms with Gasteiger partial charge in [0.1, 0.15) is 17.3 Å². The molecule has 0 unspecified atom stereocenters. The highest BCUT2D eigenvalue weighted by atomic mass is 19.1. The molecular formula is C12H16F2N2O. The van der Waals surface area contributed by atoms with Crippen LogP contribution < -0.4 is 5.32 Å². The average Bonchev–Trinajstić information content (AvgIpc) is 2.30. The quantitative estimate of drug-likeness (QED) is 0.879. The molecule has 0 fully saturated rings. The maximum Gasteiger partial charge on any atom is 0.254 e. The summed E-state index contributed by atoms with van der Waals surface area (Å²) in [5.74, 6) is -1.89. The summed E-state index contributed by atoms with van der Waals surface area (Å²) < 4.78 is 26.9. The summed E-state index contributed by atoms with van der Waals surface area (Å²) in [6, 6.07) is 2.10. The van der Waals surface area contributed by atoms with Crippen molar-refractivity contribution in [1.29, 1.82) is 0 Å². The van der Waals surface area contributed by atoms with Crippen LogP contribution in [0.5, 0.6) is 0 Å². The molecule has 0 radical (unpaired) electrons. The maximum atomic E-state index is 13.5. The van der Waals surface area contributed by atoms with Crippen molar-refractivity contribution in [3.8, 4) is 0 Å². The molecule has 1 aromatic rings. The molecule has 0 aromatic heterocycles. The Morgan fingerprint density at radius 3 is 2.06 bits per heavy atom. The molecule has 1 aromatic carbocycles. The first-order valence-corrected chi connectivity index (χ1v) is 5.51. The highest BCUT2D eigenvalue weighted by molar-refractivity contribution is 5.94. The third kappa shape index (κ3) is 2.72. The van der Waals surface area contributed by atoms with E-state index in [1.54, 1.807) is 0 Å². The lowest BCUT2D eigenvalue weighted by Crippen LogP contribution is -2.30. The molecule has 94 valence electrons. The number of carbonyl (C=O) groups excluding carboxylic acids is 1. The van der Waals surface area contributed by atoms with E-state index < -0.39 is 11.6 Å². The number of halogens is 2. The largest absolute Gasteiger partial charge is 0.383 e. The third-order valence-corrected chi connectivity index (χ3v) is 2.59. The van der Waals surface area contributed by atoms with Gasteiger partial charge in [0, 0.05) is 25.7 Å². The van der Waals surface area contributed by atoms with Crippen molar-refractivity contribution in [3.63, 3.8) is 0 Å². The van der Waals surface area contributed by atoms with Gasteiger partial charge in [-0.2, -0.15) is 0 Å². The minimum atomic E-state index is -0.761. The molecule has 0 aliphatic carbocycles. The van der Waals surface area contributed by atoms with Crippen LogP contribution in [0.15, 0.2) is 12.1 Å². The van der Waals surface area contributed by atoms with Crippen molar-refractivity contribution in [2.75, 3.05) is 25.5 Å². The van der Waals surface area contributed by atoms with Gasteiger partial charge in [-0.15, -0.1) is 0 Å². The van der Waals surface area contributed by atoms with E-state index in [9.17, 15) is 13.6 Å². The SMILES string of the molecule is CCN(CC)C(=O)c1cc(F)c(NC)c(F)c1. The van der Waals surface area contributed by atoms with Crippen LogP contribution in [0, 0.1) is 11.6 Å². The summed E-state index contributed by atoms with van der Waals surface area (Å²) >= 11 is 0. The lowest BCUT2D eigenvalue weighted by molar-refractivity contribution is 0.0772. The van der Waals surface area contributed by atoms with Gasteiger partial charge in [-0.25, -0.2) is 8.78 Å². The summed E-state index contributed by atoms with van der Waals surface area (Å²) in [7, 11) is 1.42. The molecule has 1 N–H and O–H groups in total. The number of nitrogens with zero attached hydrogens (tertiary/aromatic N) is 1. The van der Waals surface area contributed by atoms with Crippen molar-refractivity contribution in [3.05, 3.63) is 29.3 Å². The number of nitrogens with one attached hydrogen (secondary N) is 1.